The summed E-state index contributed by atoms with van der Waals surface area (Å²) in [5.41, 5.74) is 0.762. The average molecular weight is 681 g/mol. The molecule has 0 aliphatic heterocycles. The maximum Gasteiger partial charge on any atom is 0.451 e. The molecule has 10 nitrogen and oxygen atoms in total. The molecule has 3 fully saturated rings. The van der Waals surface area contributed by atoms with Gasteiger partial charge in [0.1, 0.15) is 11.0 Å². The Hall–Kier alpha value is -4.64. The molecule has 3 aliphatic carbocycles. The van der Waals surface area contributed by atoms with Crippen LogP contribution in [0.4, 0.5) is 46.8 Å². The molecule has 2 N–H and O–H groups in total. The second-order valence-corrected chi connectivity index (χ2v) is 12.1. The lowest BCUT2D eigenvalue weighted by Crippen LogP contribution is -2.15. The molecule has 0 atom stereocenters. The number of rotatable bonds is 7. The third-order valence-corrected chi connectivity index (χ3v) is 8.32. The van der Waals surface area contributed by atoms with Gasteiger partial charge in [-0.2, -0.15) is 26.3 Å². The minimum absolute atomic E-state index is 0.0108. The number of nitrogens with one attached hydrogen (secondary N) is 2. The van der Waals surface area contributed by atoms with E-state index in [9.17, 15) is 35.1 Å². The molecule has 1 aromatic carbocycles. The van der Waals surface area contributed by atoms with Crippen LogP contribution in [-0.4, -0.2) is 51.1 Å². The second-order valence-electron chi connectivity index (χ2n) is 12.1. The highest BCUT2D eigenvalue weighted by Gasteiger charge is 2.38. The van der Waals surface area contributed by atoms with E-state index in [1.54, 1.807) is 10.9 Å². The summed E-state index contributed by atoms with van der Waals surface area (Å²) in [5, 5.41) is 5.96. The summed E-state index contributed by atoms with van der Waals surface area (Å²) in [6.45, 7) is -0.211. The largest absolute Gasteiger partial charge is 0.451 e. The van der Waals surface area contributed by atoms with E-state index in [0.29, 0.717) is 5.52 Å². The van der Waals surface area contributed by atoms with Gasteiger partial charge in [0.25, 0.3) is 0 Å². The summed E-state index contributed by atoms with van der Waals surface area (Å²) in [6, 6.07) is 4.08. The van der Waals surface area contributed by atoms with Gasteiger partial charge in [0.05, 0.1) is 19.2 Å². The Labute approximate surface area is 267 Å². The van der Waals surface area contributed by atoms with Crippen LogP contribution in [0, 0.1) is 11.6 Å². The van der Waals surface area contributed by atoms with Crippen LogP contribution in [0.1, 0.15) is 74.6 Å². The van der Waals surface area contributed by atoms with Gasteiger partial charge in [0, 0.05) is 23.7 Å². The molecule has 0 radical (unpaired) electrons. The van der Waals surface area contributed by atoms with Gasteiger partial charge in [0.2, 0.25) is 11.6 Å². The quantitative estimate of drug-likeness (QED) is 0.173. The predicted octanol–water partition coefficient (Wildman–Crippen LogP) is 7.28. The molecule has 254 valence electrons. The van der Waals surface area contributed by atoms with Gasteiger partial charge in [0.15, 0.2) is 34.6 Å². The van der Waals surface area contributed by atoms with Crippen LogP contribution in [0.5, 0.6) is 0 Å². The highest BCUT2D eigenvalue weighted by molar-refractivity contribution is 5.84. The van der Waals surface area contributed by atoms with E-state index in [0.717, 1.165) is 57.4 Å². The fraction of sp³-hybridized carbons (Fsp3) is 0.467. The van der Waals surface area contributed by atoms with Crippen LogP contribution >= 0.6 is 0 Å². The smallest absolute Gasteiger partial charge is 0.365 e. The first-order valence-electron chi connectivity index (χ1n) is 15.4. The van der Waals surface area contributed by atoms with E-state index in [-0.39, 0.29) is 58.7 Å². The number of nitrogens with zero attached hydrogens (tertiary/aromatic N) is 8. The van der Waals surface area contributed by atoms with E-state index < -0.39 is 35.6 Å². The first kappa shape index (κ1) is 31.9. The summed E-state index contributed by atoms with van der Waals surface area (Å²) in [4.78, 5) is 22.9. The topological polar surface area (TPSA) is 111 Å². The van der Waals surface area contributed by atoms with Crippen molar-refractivity contribution >= 4 is 34.0 Å². The Morgan fingerprint density at radius 3 is 1.79 bits per heavy atom. The van der Waals surface area contributed by atoms with Crippen LogP contribution in [0.3, 0.4) is 0 Å². The van der Waals surface area contributed by atoms with E-state index in [1.165, 1.54) is 23.0 Å². The van der Waals surface area contributed by atoms with Crippen molar-refractivity contribution in [3.05, 3.63) is 59.7 Å². The van der Waals surface area contributed by atoms with Crippen molar-refractivity contribution in [2.24, 2.45) is 0 Å². The van der Waals surface area contributed by atoms with Gasteiger partial charge in [-0.05, 0) is 44.6 Å². The fourth-order valence-corrected chi connectivity index (χ4v) is 5.58. The van der Waals surface area contributed by atoms with Crippen molar-refractivity contribution in [1.29, 1.82) is 0 Å². The van der Waals surface area contributed by atoms with Crippen LogP contribution in [0.2, 0.25) is 0 Å². The van der Waals surface area contributed by atoms with E-state index in [4.69, 9.17) is 0 Å². The lowest BCUT2D eigenvalue weighted by molar-refractivity contribution is -0.145. The van der Waals surface area contributed by atoms with Gasteiger partial charge < -0.3 is 19.8 Å². The number of benzene rings is 1. The monoisotopic (exact) mass is 680 g/mol. The maximum atomic E-state index is 13.9. The lowest BCUT2D eigenvalue weighted by Gasteiger charge is -2.14. The van der Waals surface area contributed by atoms with E-state index in [1.807, 2.05) is 0 Å². The lowest BCUT2D eigenvalue weighted by atomic mass is 10.2. The molecular formula is C30H28F8N10. The number of hydrogen-bond acceptors (Lipinski definition) is 8. The zero-order chi connectivity index (χ0) is 33.8. The number of imidazole rings is 2. The van der Waals surface area contributed by atoms with Crippen molar-refractivity contribution in [2.75, 3.05) is 10.6 Å². The minimum Gasteiger partial charge on any atom is -0.365 e. The molecule has 0 amide bonds. The van der Waals surface area contributed by atoms with Crippen molar-refractivity contribution in [3.63, 3.8) is 0 Å². The van der Waals surface area contributed by atoms with E-state index in [2.05, 4.69) is 40.5 Å². The Morgan fingerprint density at radius 1 is 0.688 bits per heavy atom. The number of fused-ring (bicyclic) bond motifs is 2. The van der Waals surface area contributed by atoms with Crippen LogP contribution in [0.25, 0.3) is 22.3 Å². The number of alkyl halides is 6. The molecule has 4 heterocycles. The molecule has 0 saturated heterocycles. The predicted molar refractivity (Wildman–Crippen MR) is 157 cm³/mol. The zero-order valence-corrected chi connectivity index (χ0v) is 25.1. The van der Waals surface area contributed by atoms with Gasteiger partial charge in [-0.25, -0.2) is 38.7 Å². The third kappa shape index (κ3) is 6.69. The van der Waals surface area contributed by atoms with Gasteiger partial charge >= 0.3 is 12.4 Å². The molecule has 48 heavy (non-hydrogen) atoms. The molecular weight excluding hydrogens is 652 g/mol. The number of anilines is 2. The minimum atomic E-state index is -4.74. The second kappa shape index (κ2) is 12.1. The van der Waals surface area contributed by atoms with Crippen molar-refractivity contribution in [3.8, 4) is 0 Å². The SMILES string of the molecule is FC(F)(F)c1nc(NC2CC2)c2ncn(C3CCCC3)c2n1.Fc1cccc(Cn2cnc3c(NC4CC4)nc(C(F)(F)F)nc32)c1F. The van der Waals surface area contributed by atoms with Crippen molar-refractivity contribution < 1.29 is 35.1 Å². The summed E-state index contributed by atoms with van der Waals surface area (Å²) in [6.07, 6.45) is 1.23. The van der Waals surface area contributed by atoms with Crippen molar-refractivity contribution in [2.45, 2.75) is 88.4 Å². The molecule has 0 bridgehead atoms. The Kier molecular flexibility index (Phi) is 8.06. The number of hydrogen-bond donors (Lipinski definition) is 2. The normalized spacial score (nSPS) is 17.2. The Balaban J connectivity index is 0.000000154. The molecule has 8 rings (SSSR count). The van der Waals surface area contributed by atoms with Crippen LogP contribution in [0.15, 0.2) is 30.9 Å². The first-order chi connectivity index (χ1) is 22.8. The standard InChI is InChI=1S/C16H12F5N5.C14H16F3N5/c17-10-3-1-2-8(11(10)18)6-26-7-22-12-13(23-9-4-5-9)24-15(16(19,20)21)25-14(12)26;15-14(16,17)13-20-11(19-8-5-6-8)10-12(21-13)22(7-18-10)9-3-1-2-4-9/h1-3,7,9H,4-6H2,(H,23,24,25);7-9H,1-6H2,(H,19,20,21). The number of halogens is 8. The fourth-order valence-electron chi connectivity index (χ4n) is 5.58. The molecule has 0 unspecified atom stereocenters. The average Bonchev–Trinajstić information content (AvgIpc) is 3.86. The molecule has 3 saturated carbocycles. The summed E-state index contributed by atoms with van der Waals surface area (Å²) in [7, 11) is 0. The van der Waals surface area contributed by atoms with Gasteiger partial charge in [-0.3, -0.25) is 0 Å². The maximum absolute atomic E-state index is 13.9. The van der Waals surface area contributed by atoms with Gasteiger partial charge in [-0.1, -0.05) is 25.0 Å². The Morgan fingerprint density at radius 2 is 1.23 bits per heavy atom. The highest BCUT2D eigenvalue weighted by Crippen LogP contribution is 2.36. The third-order valence-electron chi connectivity index (χ3n) is 8.32. The van der Waals surface area contributed by atoms with E-state index >= 15 is 0 Å². The number of aromatic nitrogens is 8. The highest BCUT2D eigenvalue weighted by atomic mass is 19.4. The van der Waals surface area contributed by atoms with Gasteiger partial charge in [-0.15, -0.1) is 0 Å². The molecule has 4 aromatic heterocycles. The molecule has 3 aliphatic rings. The molecule has 5 aromatic rings. The zero-order valence-electron chi connectivity index (χ0n) is 25.1. The summed E-state index contributed by atoms with van der Waals surface area (Å²) in [5.74, 6) is -4.30. The van der Waals surface area contributed by atoms with Crippen molar-refractivity contribution in [1.82, 2.24) is 39.0 Å². The van der Waals surface area contributed by atoms with Crippen LogP contribution in [-0.2, 0) is 18.9 Å². The first-order valence-corrected chi connectivity index (χ1v) is 15.4. The molecule has 18 heteroatoms. The Bertz CT molecular complexity index is 1950. The summed E-state index contributed by atoms with van der Waals surface area (Å²) < 4.78 is 109. The summed E-state index contributed by atoms with van der Waals surface area (Å²) >= 11 is 0. The van der Waals surface area contributed by atoms with Crippen LogP contribution < -0.4 is 10.6 Å². The molecule has 0 spiro atoms.